The van der Waals surface area contributed by atoms with Gasteiger partial charge in [-0.25, -0.2) is 0 Å². The van der Waals surface area contributed by atoms with E-state index in [2.05, 4.69) is 57.4 Å². The molecule has 34 heavy (non-hydrogen) atoms. The Balaban J connectivity index is 1.41. The Labute approximate surface area is 203 Å². The molecule has 0 unspecified atom stereocenters. The van der Waals surface area contributed by atoms with Crippen LogP contribution in [0.2, 0.25) is 0 Å². The van der Waals surface area contributed by atoms with Crippen LogP contribution in [0.4, 0.5) is 16.0 Å². The van der Waals surface area contributed by atoms with Gasteiger partial charge in [-0.05, 0) is 43.2 Å². The van der Waals surface area contributed by atoms with Crippen LogP contribution < -0.4 is 29.3 Å². The monoisotopic (exact) mass is 483 g/mol. The maximum atomic E-state index is 12.9. The maximum Gasteiger partial charge on any atom is 0.257 e. The summed E-state index contributed by atoms with van der Waals surface area (Å²) in [5.74, 6) is 0.916. The molecule has 2 heterocycles. The number of rotatable bonds is 7. The normalized spacial score (nSPS) is 13.6. The summed E-state index contributed by atoms with van der Waals surface area (Å²) in [7, 11) is 4.54. The van der Waals surface area contributed by atoms with E-state index >= 15 is 0 Å². The van der Waals surface area contributed by atoms with Crippen molar-refractivity contribution in [3.63, 3.8) is 0 Å². The molecule has 1 aliphatic rings. The number of nitrogens with one attached hydrogen (secondary N) is 1. The molecule has 0 aliphatic carbocycles. The van der Waals surface area contributed by atoms with Gasteiger partial charge in [0, 0.05) is 37.4 Å². The van der Waals surface area contributed by atoms with Gasteiger partial charge in [-0.1, -0.05) is 23.5 Å². The average Bonchev–Trinajstić information content (AvgIpc) is 3.33. The number of hydrogen-bond donors (Lipinski definition) is 1. The van der Waals surface area contributed by atoms with Crippen molar-refractivity contribution in [2.24, 2.45) is 0 Å². The number of amides is 1. The predicted octanol–water partition coefficient (Wildman–Crippen LogP) is 3.76. The molecule has 10 heteroatoms. The average molecular weight is 484 g/mol. The molecule has 9 nitrogen and oxygen atoms in total. The second kappa shape index (κ2) is 10.2. The van der Waals surface area contributed by atoms with Gasteiger partial charge in [-0.3, -0.25) is 10.1 Å². The minimum absolute atomic E-state index is 0.332. The molecule has 1 fully saturated rings. The lowest BCUT2D eigenvalue weighted by atomic mass is 10.1. The van der Waals surface area contributed by atoms with E-state index in [0.29, 0.717) is 27.9 Å². The number of methoxy groups -OCH3 is 3. The van der Waals surface area contributed by atoms with Crippen LogP contribution in [0, 0.1) is 13.8 Å². The molecule has 0 atom stereocenters. The fourth-order valence-corrected chi connectivity index (χ4v) is 4.77. The third kappa shape index (κ3) is 4.86. The smallest absolute Gasteiger partial charge is 0.257 e. The van der Waals surface area contributed by atoms with Gasteiger partial charge in [-0.15, -0.1) is 10.2 Å². The molecule has 1 aliphatic heterocycles. The van der Waals surface area contributed by atoms with Crippen LogP contribution in [-0.2, 0) is 0 Å². The number of aryl methyl sites for hydroxylation is 2. The zero-order valence-electron chi connectivity index (χ0n) is 20.0. The molecule has 1 aromatic heterocycles. The Morgan fingerprint density at radius 2 is 1.56 bits per heavy atom. The summed E-state index contributed by atoms with van der Waals surface area (Å²) in [5, 5.41) is 12.5. The van der Waals surface area contributed by atoms with E-state index in [-0.39, 0.29) is 5.91 Å². The van der Waals surface area contributed by atoms with E-state index in [0.717, 1.165) is 31.3 Å². The van der Waals surface area contributed by atoms with Gasteiger partial charge in [0.15, 0.2) is 11.5 Å². The molecule has 180 valence electrons. The van der Waals surface area contributed by atoms with Crippen LogP contribution in [-0.4, -0.2) is 63.6 Å². The molecular formula is C24H29N5O4S. The van der Waals surface area contributed by atoms with Crippen molar-refractivity contribution in [1.29, 1.82) is 0 Å². The third-order valence-electron chi connectivity index (χ3n) is 5.82. The highest BCUT2D eigenvalue weighted by molar-refractivity contribution is 7.19. The summed E-state index contributed by atoms with van der Waals surface area (Å²) in [6.45, 7) is 7.74. The van der Waals surface area contributed by atoms with Crippen LogP contribution in [0.3, 0.4) is 0 Å². The van der Waals surface area contributed by atoms with Crippen molar-refractivity contribution in [1.82, 2.24) is 10.2 Å². The third-order valence-corrected chi connectivity index (χ3v) is 6.72. The minimum atomic E-state index is -0.332. The number of carbonyl (C=O) groups is 1. The molecule has 1 saturated heterocycles. The molecular weight excluding hydrogens is 454 g/mol. The molecule has 0 bridgehead atoms. The van der Waals surface area contributed by atoms with Crippen molar-refractivity contribution >= 4 is 33.2 Å². The number of ether oxygens (including phenoxy) is 3. The lowest BCUT2D eigenvalue weighted by molar-refractivity contribution is 0.102. The standard InChI is InChI=1S/C24H29N5O4S/c1-15-6-7-16(2)18(12-15)28-8-10-29(11-9-28)24-27-26-23(34-24)25-22(30)17-13-19(31-3)21(33-5)20(14-17)32-4/h6-7,12-14H,8-11H2,1-5H3,(H,25,26,30). The first-order valence-electron chi connectivity index (χ1n) is 11.0. The number of anilines is 3. The quantitative estimate of drug-likeness (QED) is 0.544. The first-order chi connectivity index (χ1) is 16.4. The first-order valence-corrected chi connectivity index (χ1v) is 11.8. The lowest BCUT2D eigenvalue weighted by Gasteiger charge is -2.36. The fraction of sp³-hybridized carbons (Fsp3) is 0.375. The second-order valence-electron chi connectivity index (χ2n) is 8.02. The number of aromatic nitrogens is 2. The van der Waals surface area contributed by atoms with Crippen molar-refractivity contribution in [3.8, 4) is 17.2 Å². The summed E-state index contributed by atoms with van der Waals surface area (Å²) >= 11 is 1.36. The zero-order valence-corrected chi connectivity index (χ0v) is 20.9. The molecule has 0 spiro atoms. The van der Waals surface area contributed by atoms with Gasteiger partial charge in [-0.2, -0.15) is 0 Å². The van der Waals surface area contributed by atoms with Gasteiger partial charge >= 0.3 is 0 Å². The van der Waals surface area contributed by atoms with Gasteiger partial charge in [0.1, 0.15) is 0 Å². The molecule has 4 rings (SSSR count). The summed E-state index contributed by atoms with van der Waals surface area (Å²) in [5.41, 5.74) is 4.20. The predicted molar refractivity (Wildman–Crippen MR) is 134 cm³/mol. The Morgan fingerprint density at radius 3 is 2.18 bits per heavy atom. The van der Waals surface area contributed by atoms with Gasteiger partial charge < -0.3 is 24.0 Å². The van der Waals surface area contributed by atoms with Crippen molar-refractivity contribution < 1.29 is 19.0 Å². The molecule has 2 aromatic carbocycles. The Kier molecular flexibility index (Phi) is 7.06. The van der Waals surface area contributed by atoms with Crippen molar-refractivity contribution in [3.05, 3.63) is 47.0 Å². The zero-order chi connectivity index (χ0) is 24.2. The highest BCUT2D eigenvalue weighted by Gasteiger charge is 2.23. The van der Waals surface area contributed by atoms with Gasteiger partial charge in [0.05, 0.1) is 21.3 Å². The molecule has 3 aromatic rings. The Hall–Kier alpha value is -3.53. The topological polar surface area (TPSA) is 89.0 Å². The van der Waals surface area contributed by atoms with E-state index < -0.39 is 0 Å². The van der Waals surface area contributed by atoms with Gasteiger partial charge in [0.25, 0.3) is 5.91 Å². The highest BCUT2D eigenvalue weighted by Crippen LogP contribution is 2.38. The van der Waals surface area contributed by atoms with Gasteiger partial charge in [0.2, 0.25) is 16.0 Å². The largest absolute Gasteiger partial charge is 0.493 e. The molecule has 0 radical (unpaired) electrons. The number of carbonyl (C=O) groups excluding carboxylic acids is 1. The first kappa shape index (κ1) is 23.6. The summed E-state index contributed by atoms with van der Waals surface area (Å²) < 4.78 is 16.0. The number of benzene rings is 2. The number of hydrogen-bond acceptors (Lipinski definition) is 9. The van der Waals surface area contributed by atoms with E-state index in [1.165, 1.54) is 49.5 Å². The lowest BCUT2D eigenvalue weighted by Crippen LogP contribution is -2.46. The van der Waals surface area contributed by atoms with Crippen LogP contribution in [0.1, 0.15) is 21.5 Å². The second-order valence-corrected chi connectivity index (χ2v) is 8.98. The van der Waals surface area contributed by atoms with Crippen LogP contribution in [0.5, 0.6) is 17.2 Å². The maximum absolute atomic E-state index is 12.9. The Bertz CT molecular complexity index is 1150. The molecule has 1 amide bonds. The van der Waals surface area contributed by atoms with Crippen LogP contribution >= 0.6 is 11.3 Å². The number of piperazine rings is 1. The van der Waals surface area contributed by atoms with Crippen LogP contribution in [0.15, 0.2) is 30.3 Å². The molecule has 1 N–H and O–H groups in total. The van der Waals surface area contributed by atoms with E-state index in [1.54, 1.807) is 12.1 Å². The number of nitrogens with zero attached hydrogens (tertiary/aromatic N) is 4. The van der Waals surface area contributed by atoms with E-state index in [1.807, 2.05) is 0 Å². The summed E-state index contributed by atoms with van der Waals surface area (Å²) in [6.07, 6.45) is 0. The van der Waals surface area contributed by atoms with Crippen molar-refractivity contribution in [2.45, 2.75) is 13.8 Å². The summed E-state index contributed by atoms with van der Waals surface area (Å²) in [6, 6.07) is 9.76. The van der Waals surface area contributed by atoms with E-state index in [9.17, 15) is 4.79 Å². The highest BCUT2D eigenvalue weighted by atomic mass is 32.1. The fourth-order valence-electron chi connectivity index (χ4n) is 3.97. The summed E-state index contributed by atoms with van der Waals surface area (Å²) in [4.78, 5) is 17.5. The minimum Gasteiger partial charge on any atom is -0.493 e. The van der Waals surface area contributed by atoms with Crippen molar-refractivity contribution in [2.75, 3.05) is 62.6 Å². The SMILES string of the molecule is COc1cc(C(=O)Nc2nnc(N3CCN(c4cc(C)ccc4C)CC3)s2)cc(OC)c1OC. The van der Waals surface area contributed by atoms with E-state index in [4.69, 9.17) is 14.2 Å². The Morgan fingerprint density at radius 1 is 0.912 bits per heavy atom. The van der Waals surface area contributed by atoms with Crippen LogP contribution in [0.25, 0.3) is 0 Å². The molecule has 0 saturated carbocycles.